The SMILES string of the molecule is O=C(Nc1cccc(C(=O)N2CCCCC2)c1)c1cnc2c(c1)ncn2C1CCCC1. The Morgan fingerprint density at radius 2 is 1.74 bits per heavy atom. The molecule has 1 saturated heterocycles. The fourth-order valence-corrected chi connectivity index (χ4v) is 4.71. The van der Waals surface area contributed by atoms with Crippen LogP contribution < -0.4 is 5.32 Å². The zero-order chi connectivity index (χ0) is 21.2. The van der Waals surface area contributed by atoms with Crippen molar-refractivity contribution in [1.82, 2.24) is 19.4 Å². The number of aromatic nitrogens is 3. The predicted molar refractivity (Wildman–Crippen MR) is 119 cm³/mol. The molecule has 160 valence electrons. The second-order valence-corrected chi connectivity index (χ2v) is 8.54. The maximum absolute atomic E-state index is 12.8. The molecule has 3 aromatic rings. The van der Waals surface area contributed by atoms with Gasteiger partial charge in [0.05, 0.1) is 11.9 Å². The van der Waals surface area contributed by atoms with E-state index in [4.69, 9.17) is 0 Å². The number of piperidine rings is 1. The van der Waals surface area contributed by atoms with Crippen molar-refractivity contribution in [2.75, 3.05) is 18.4 Å². The summed E-state index contributed by atoms with van der Waals surface area (Å²) in [4.78, 5) is 36.5. The maximum atomic E-state index is 12.8. The van der Waals surface area contributed by atoms with E-state index in [9.17, 15) is 9.59 Å². The number of rotatable bonds is 4. The lowest BCUT2D eigenvalue weighted by molar-refractivity contribution is 0.0724. The van der Waals surface area contributed by atoms with E-state index in [-0.39, 0.29) is 11.8 Å². The molecule has 2 aliphatic rings. The van der Waals surface area contributed by atoms with Gasteiger partial charge in [0.15, 0.2) is 5.65 Å². The van der Waals surface area contributed by atoms with E-state index in [1.54, 1.807) is 36.5 Å². The summed E-state index contributed by atoms with van der Waals surface area (Å²) < 4.78 is 2.14. The zero-order valence-corrected chi connectivity index (χ0v) is 17.6. The van der Waals surface area contributed by atoms with Crippen molar-refractivity contribution in [1.29, 1.82) is 0 Å². The normalized spacial score (nSPS) is 17.2. The van der Waals surface area contributed by atoms with Crippen LogP contribution in [0.25, 0.3) is 11.2 Å². The molecule has 1 aliphatic carbocycles. The average Bonchev–Trinajstić information content (AvgIpc) is 3.48. The summed E-state index contributed by atoms with van der Waals surface area (Å²) in [5.41, 5.74) is 3.22. The number of anilines is 1. The van der Waals surface area contributed by atoms with Crippen molar-refractivity contribution in [3.63, 3.8) is 0 Å². The first kappa shape index (κ1) is 19.7. The first-order valence-corrected chi connectivity index (χ1v) is 11.2. The zero-order valence-electron chi connectivity index (χ0n) is 17.6. The van der Waals surface area contributed by atoms with Gasteiger partial charge in [0.2, 0.25) is 0 Å². The highest BCUT2D eigenvalue weighted by atomic mass is 16.2. The predicted octanol–water partition coefficient (Wildman–Crippen LogP) is 4.42. The largest absolute Gasteiger partial charge is 0.339 e. The van der Waals surface area contributed by atoms with Gasteiger partial charge in [-0.1, -0.05) is 18.9 Å². The topological polar surface area (TPSA) is 80.1 Å². The molecule has 31 heavy (non-hydrogen) atoms. The van der Waals surface area contributed by atoms with Crippen molar-refractivity contribution in [2.24, 2.45) is 0 Å². The monoisotopic (exact) mass is 417 g/mol. The van der Waals surface area contributed by atoms with Crippen LogP contribution in [0.3, 0.4) is 0 Å². The van der Waals surface area contributed by atoms with Gasteiger partial charge in [0, 0.05) is 36.6 Å². The van der Waals surface area contributed by atoms with Gasteiger partial charge >= 0.3 is 0 Å². The van der Waals surface area contributed by atoms with Crippen molar-refractivity contribution in [3.8, 4) is 0 Å². The smallest absolute Gasteiger partial charge is 0.257 e. The number of benzene rings is 1. The van der Waals surface area contributed by atoms with Crippen LogP contribution in [0.2, 0.25) is 0 Å². The summed E-state index contributed by atoms with van der Waals surface area (Å²) in [6, 6.07) is 9.39. The highest BCUT2D eigenvalue weighted by molar-refractivity contribution is 6.06. The number of carbonyl (C=O) groups is 2. The van der Waals surface area contributed by atoms with E-state index in [0.717, 1.165) is 49.9 Å². The van der Waals surface area contributed by atoms with Gasteiger partial charge in [-0.3, -0.25) is 9.59 Å². The van der Waals surface area contributed by atoms with Gasteiger partial charge < -0.3 is 14.8 Å². The third-order valence-corrected chi connectivity index (χ3v) is 6.40. The molecule has 5 rings (SSSR count). The fourth-order valence-electron chi connectivity index (χ4n) is 4.71. The van der Waals surface area contributed by atoms with Crippen LogP contribution in [0.15, 0.2) is 42.9 Å². The quantitative estimate of drug-likeness (QED) is 0.681. The van der Waals surface area contributed by atoms with Gasteiger partial charge in [-0.2, -0.15) is 0 Å². The summed E-state index contributed by atoms with van der Waals surface area (Å²) in [5.74, 6) is -0.233. The van der Waals surface area contributed by atoms with Crippen molar-refractivity contribution in [2.45, 2.75) is 51.0 Å². The maximum Gasteiger partial charge on any atom is 0.257 e. The molecular weight excluding hydrogens is 390 g/mol. The molecule has 1 saturated carbocycles. The Kier molecular flexibility index (Phi) is 5.40. The first-order chi connectivity index (χ1) is 15.2. The average molecular weight is 418 g/mol. The highest BCUT2D eigenvalue weighted by Gasteiger charge is 2.21. The summed E-state index contributed by atoms with van der Waals surface area (Å²) in [7, 11) is 0. The van der Waals surface area contributed by atoms with Crippen molar-refractivity contribution < 1.29 is 9.59 Å². The molecule has 3 heterocycles. The van der Waals surface area contributed by atoms with E-state index in [0.29, 0.717) is 22.9 Å². The second-order valence-electron chi connectivity index (χ2n) is 8.54. The minimum atomic E-state index is -0.257. The van der Waals surface area contributed by atoms with Crippen LogP contribution >= 0.6 is 0 Å². The number of amides is 2. The molecule has 2 aromatic heterocycles. The van der Waals surface area contributed by atoms with Gasteiger partial charge in [-0.05, 0) is 56.4 Å². The number of hydrogen-bond acceptors (Lipinski definition) is 4. The molecular formula is C24H27N5O2. The van der Waals surface area contributed by atoms with Crippen molar-refractivity contribution in [3.05, 3.63) is 54.0 Å². The number of imidazole rings is 1. The van der Waals surface area contributed by atoms with Crippen LogP contribution in [-0.2, 0) is 0 Å². The van der Waals surface area contributed by atoms with E-state index in [2.05, 4.69) is 19.9 Å². The Bertz CT molecular complexity index is 1110. The number of likely N-dealkylation sites (tertiary alicyclic amines) is 1. The van der Waals surface area contributed by atoms with E-state index in [1.165, 1.54) is 19.3 Å². The molecule has 1 aromatic carbocycles. The third-order valence-electron chi connectivity index (χ3n) is 6.40. The summed E-state index contributed by atoms with van der Waals surface area (Å²) in [5, 5.41) is 2.90. The van der Waals surface area contributed by atoms with Gasteiger partial charge in [-0.25, -0.2) is 9.97 Å². The van der Waals surface area contributed by atoms with Crippen LogP contribution in [0.5, 0.6) is 0 Å². The minimum absolute atomic E-state index is 0.0244. The van der Waals surface area contributed by atoms with E-state index >= 15 is 0 Å². The minimum Gasteiger partial charge on any atom is -0.339 e. The van der Waals surface area contributed by atoms with Crippen molar-refractivity contribution >= 4 is 28.7 Å². The lowest BCUT2D eigenvalue weighted by atomic mass is 10.1. The third kappa shape index (κ3) is 4.04. The molecule has 1 N–H and O–H groups in total. The number of pyridine rings is 1. The molecule has 0 atom stereocenters. The van der Waals surface area contributed by atoms with Gasteiger partial charge in [0.25, 0.3) is 11.8 Å². The number of nitrogens with zero attached hydrogens (tertiary/aromatic N) is 4. The Balaban J connectivity index is 1.31. The van der Waals surface area contributed by atoms with Crippen LogP contribution in [0, 0.1) is 0 Å². The number of carbonyl (C=O) groups excluding carboxylic acids is 2. The summed E-state index contributed by atoms with van der Waals surface area (Å²) in [6.45, 7) is 1.60. The lowest BCUT2D eigenvalue weighted by Crippen LogP contribution is -2.35. The van der Waals surface area contributed by atoms with Gasteiger partial charge in [-0.15, -0.1) is 0 Å². The van der Waals surface area contributed by atoms with E-state index < -0.39 is 0 Å². The molecule has 7 heteroatoms. The molecule has 0 spiro atoms. The second kappa shape index (κ2) is 8.49. The molecule has 2 amide bonds. The highest BCUT2D eigenvalue weighted by Crippen LogP contribution is 2.31. The van der Waals surface area contributed by atoms with Crippen LogP contribution in [0.1, 0.15) is 71.7 Å². The van der Waals surface area contributed by atoms with E-state index in [1.807, 2.05) is 11.2 Å². The Labute approximate surface area is 181 Å². The Morgan fingerprint density at radius 1 is 0.935 bits per heavy atom. The standard InChI is InChI=1S/C24H27N5O2/c30-23(18-14-21-22(25-15-18)29(16-26-21)20-9-2-3-10-20)27-19-8-6-7-17(13-19)24(31)28-11-4-1-5-12-28/h6-8,13-16,20H,1-5,9-12H2,(H,27,30). The first-order valence-electron chi connectivity index (χ1n) is 11.2. The van der Waals surface area contributed by atoms with Crippen LogP contribution in [-0.4, -0.2) is 44.3 Å². The number of fused-ring (bicyclic) bond motifs is 1. The Hall–Kier alpha value is -3.22. The lowest BCUT2D eigenvalue weighted by Gasteiger charge is -2.26. The fraction of sp³-hybridized carbons (Fsp3) is 0.417. The van der Waals surface area contributed by atoms with Gasteiger partial charge in [0.1, 0.15) is 5.52 Å². The molecule has 2 fully saturated rings. The van der Waals surface area contributed by atoms with Crippen LogP contribution in [0.4, 0.5) is 5.69 Å². The molecule has 1 aliphatic heterocycles. The molecule has 7 nitrogen and oxygen atoms in total. The number of nitrogens with one attached hydrogen (secondary N) is 1. The molecule has 0 bridgehead atoms. The Morgan fingerprint density at radius 3 is 2.55 bits per heavy atom. The molecule has 0 radical (unpaired) electrons. The summed E-state index contributed by atoms with van der Waals surface area (Å²) >= 11 is 0. The molecule has 0 unspecified atom stereocenters. The summed E-state index contributed by atoms with van der Waals surface area (Å²) in [6.07, 6.45) is 11.5. The number of hydrogen-bond donors (Lipinski definition) is 1.